The van der Waals surface area contributed by atoms with Crippen LogP contribution in [0.2, 0.25) is 0 Å². The zero-order valence-corrected chi connectivity index (χ0v) is 17.1. The van der Waals surface area contributed by atoms with Crippen molar-refractivity contribution in [2.75, 3.05) is 26.1 Å². The van der Waals surface area contributed by atoms with Crippen LogP contribution in [0.4, 0.5) is 10.5 Å². The molecule has 0 saturated heterocycles. The number of amides is 2. The smallest absolute Gasteiger partial charge is 0.343 e. The van der Waals surface area contributed by atoms with E-state index in [2.05, 4.69) is 17.6 Å². The molecule has 2 aromatic rings. The van der Waals surface area contributed by atoms with Gasteiger partial charge in [0.05, 0.1) is 19.8 Å². The number of nitrogens with one attached hydrogen (secondary N) is 2. The van der Waals surface area contributed by atoms with Gasteiger partial charge in [-0.25, -0.2) is 9.59 Å². The average Bonchev–Trinajstić information content (AvgIpc) is 2.73. The molecular formula is C22H28N2O5. The Bertz CT molecular complexity index is 823. The van der Waals surface area contributed by atoms with Gasteiger partial charge >= 0.3 is 12.0 Å². The fourth-order valence-electron chi connectivity index (χ4n) is 2.70. The molecule has 2 rings (SSSR count). The van der Waals surface area contributed by atoms with Crippen molar-refractivity contribution in [3.8, 4) is 17.2 Å². The third-order valence-electron chi connectivity index (χ3n) is 4.24. The normalized spacial score (nSPS) is 10.2. The molecule has 0 bridgehead atoms. The topological polar surface area (TPSA) is 85.9 Å². The summed E-state index contributed by atoms with van der Waals surface area (Å²) in [6.07, 6.45) is 4.36. The van der Waals surface area contributed by atoms with Crippen molar-refractivity contribution in [1.29, 1.82) is 0 Å². The van der Waals surface area contributed by atoms with E-state index in [1.165, 1.54) is 14.2 Å². The van der Waals surface area contributed by atoms with E-state index in [1.807, 2.05) is 0 Å². The second-order valence-corrected chi connectivity index (χ2v) is 6.43. The molecule has 0 aliphatic rings. The number of anilines is 1. The van der Waals surface area contributed by atoms with E-state index in [4.69, 9.17) is 14.2 Å². The molecule has 0 aliphatic heterocycles. The molecule has 0 fully saturated rings. The Kier molecular flexibility index (Phi) is 8.82. The predicted octanol–water partition coefficient (Wildman–Crippen LogP) is 4.62. The highest BCUT2D eigenvalue weighted by Crippen LogP contribution is 2.28. The van der Waals surface area contributed by atoms with Crippen LogP contribution in [-0.2, 0) is 0 Å². The zero-order chi connectivity index (χ0) is 21.1. The van der Waals surface area contributed by atoms with E-state index in [-0.39, 0.29) is 6.03 Å². The Hall–Kier alpha value is -3.22. The molecule has 7 heteroatoms. The Labute approximate surface area is 171 Å². The maximum Gasteiger partial charge on any atom is 0.343 e. The molecule has 2 aromatic carbocycles. The molecule has 156 valence electrons. The number of urea groups is 1. The standard InChI is InChI=1S/C22H28N2O5/c1-4-5-6-7-13-23-22(26)24-17-9-8-10-18(15-17)29-21(25)16-11-12-19(27-2)20(14-16)28-3/h8-12,14-15H,4-7,13H2,1-3H3,(H2,23,24,26). The molecule has 0 aromatic heterocycles. The zero-order valence-electron chi connectivity index (χ0n) is 17.1. The van der Waals surface area contributed by atoms with E-state index < -0.39 is 5.97 Å². The highest BCUT2D eigenvalue weighted by atomic mass is 16.5. The van der Waals surface area contributed by atoms with Crippen molar-refractivity contribution in [3.05, 3.63) is 48.0 Å². The summed E-state index contributed by atoms with van der Waals surface area (Å²) in [6.45, 7) is 2.77. The lowest BCUT2D eigenvalue weighted by atomic mass is 10.2. The summed E-state index contributed by atoms with van der Waals surface area (Å²) in [4.78, 5) is 24.4. The van der Waals surface area contributed by atoms with Gasteiger partial charge in [0.15, 0.2) is 11.5 Å². The van der Waals surface area contributed by atoms with Crippen molar-refractivity contribution < 1.29 is 23.8 Å². The third kappa shape index (κ3) is 7.03. The van der Waals surface area contributed by atoms with Gasteiger partial charge in [-0.1, -0.05) is 32.3 Å². The number of benzene rings is 2. The predicted molar refractivity (Wildman–Crippen MR) is 112 cm³/mol. The second kappa shape index (κ2) is 11.6. The lowest BCUT2D eigenvalue weighted by molar-refractivity contribution is 0.0734. The van der Waals surface area contributed by atoms with Crippen molar-refractivity contribution >= 4 is 17.7 Å². The van der Waals surface area contributed by atoms with Crippen molar-refractivity contribution in [2.24, 2.45) is 0 Å². The summed E-state index contributed by atoms with van der Waals surface area (Å²) in [5.74, 6) is 0.748. The highest BCUT2D eigenvalue weighted by Gasteiger charge is 2.13. The summed E-state index contributed by atoms with van der Waals surface area (Å²) in [5, 5.41) is 5.56. The molecule has 0 unspecified atom stereocenters. The SMILES string of the molecule is CCCCCCNC(=O)Nc1cccc(OC(=O)c2ccc(OC)c(OC)c2)c1. The van der Waals surface area contributed by atoms with Crippen LogP contribution in [0, 0.1) is 0 Å². The van der Waals surface area contributed by atoms with Gasteiger partial charge in [-0.2, -0.15) is 0 Å². The van der Waals surface area contributed by atoms with Crippen LogP contribution in [-0.4, -0.2) is 32.8 Å². The summed E-state index contributed by atoms with van der Waals surface area (Å²) >= 11 is 0. The van der Waals surface area contributed by atoms with Crippen LogP contribution in [0.5, 0.6) is 17.2 Å². The molecule has 0 heterocycles. The summed E-state index contributed by atoms with van der Waals surface area (Å²) < 4.78 is 15.8. The van der Waals surface area contributed by atoms with Gasteiger partial charge < -0.3 is 24.8 Å². The molecule has 0 saturated carbocycles. The number of carbonyl (C=O) groups excluding carboxylic acids is 2. The largest absolute Gasteiger partial charge is 0.493 e. The minimum absolute atomic E-state index is 0.287. The number of unbranched alkanes of at least 4 members (excludes halogenated alkanes) is 3. The monoisotopic (exact) mass is 400 g/mol. The minimum Gasteiger partial charge on any atom is -0.493 e. The van der Waals surface area contributed by atoms with Crippen LogP contribution < -0.4 is 24.8 Å². The van der Waals surface area contributed by atoms with E-state index in [1.54, 1.807) is 42.5 Å². The molecule has 0 spiro atoms. The quantitative estimate of drug-likeness (QED) is 0.345. The molecular weight excluding hydrogens is 372 g/mol. The average molecular weight is 400 g/mol. The summed E-state index contributed by atoms with van der Waals surface area (Å²) in [7, 11) is 3.02. The third-order valence-corrected chi connectivity index (χ3v) is 4.24. The molecule has 2 N–H and O–H groups in total. The van der Waals surface area contributed by atoms with Gasteiger partial charge in [0, 0.05) is 18.3 Å². The van der Waals surface area contributed by atoms with Crippen LogP contribution in [0.25, 0.3) is 0 Å². The lowest BCUT2D eigenvalue weighted by Gasteiger charge is -2.11. The van der Waals surface area contributed by atoms with Crippen LogP contribution in [0.3, 0.4) is 0 Å². The highest BCUT2D eigenvalue weighted by molar-refractivity contribution is 5.92. The molecule has 0 aliphatic carbocycles. The minimum atomic E-state index is -0.538. The van der Waals surface area contributed by atoms with Gasteiger partial charge in [0.2, 0.25) is 0 Å². The fourth-order valence-corrected chi connectivity index (χ4v) is 2.70. The van der Waals surface area contributed by atoms with Crippen LogP contribution >= 0.6 is 0 Å². The van der Waals surface area contributed by atoms with Crippen LogP contribution in [0.1, 0.15) is 43.0 Å². The number of hydrogen-bond acceptors (Lipinski definition) is 5. The summed E-state index contributed by atoms with van der Waals surface area (Å²) in [6, 6.07) is 11.2. The van der Waals surface area contributed by atoms with E-state index in [9.17, 15) is 9.59 Å². The first-order valence-corrected chi connectivity index (χ1v) is 9.66. The van der Waals surface area contributed by atoms with E-state index >= 15 is 0 Å². The number of methoxy groups -OCH3 is 2. The van der Waals surface area contributed by atoms with Crippen LogP contribution in [0.15, 0.2) is 42.5 Å². The first kappa shape index (κ1) is 22.1. The Balaban J connectivity index is 1.93. The molecule has 29 heavy (non-hydrogen) atoms. The second-order valence-electron chi connectivity index (χ2n) is 6.43. The Morgan fingerprint density at radius 3 is 2.45 bits per heavy atom. The molecule has 0 atom stereocenters. The number of carbonyl (C=O) groups is 2. The van der Waals surface area contributed by atoms with Gasteiger partial charge in [-0.15, -0.1) is 0 Å². The van der Waals surface area contributed by atoms with Gasteiger partial charge in [0.25, 0.3) is 0 Å². The van der Waals surface area contributed by atoms with Gasteiger partial charge in [-0.05, 0) is 36.8 Å². The molecule has 0 radical (unpaired) electrons. The lowest BCUT2D eigenvalue weighted by Crippen LogP contribution is -2.29. The van der Waals surface area contributed by atoms with Crippen molar-refractivity contribution in [1.82, 2.24) is 5.32 Å². The first-order chi connectivity index (χ1) is 14.1. The van der Waals surface area contributed by atoms with Gasteiger partial charge in [0.1, 0.15) is 5.75 Å². The maximum atomic E-state index is 12.4. The number of hydrogen-bond donors (Lipinski definition) is 2. The van der Waals surface area contributed by atoms with Gasteiger partial charge in [-0.3, -0.25) is 0 Å². The van der Waals surface area contributed by atoms with E-state index in [0.717, 1.165) is 25.7 Å². The number of rotatable bonds is 10. The maximum absolute atomic E-state index is 12.4. The van der Waals surface area contributed by atoms with Crippen molar-refractivity contribution in [2.45, 2.75) is 32.6 Å². The summed E-state index contributed by atoms with van der Waals surface area (Å²) in [5.41, 5.74) is 0.861. The number of ether oxygens (including phenoxy) is 3. The van der Waals surface area contributed by atoms with Crippen molar-refractivity contribution in [3.63, 3.8) is 0 Å². The molecule has 7 nitrogen and oxygen atoms in total. The fraction of sp³-hybridized carbons (Fsp3) is 0.364. The Morgan fingerprint density at radius 1 is 0.931 bits per heavy atom. The van der Waals surface area contributed by atoms with E-state index in [0.29, 0.717) is 35.0 Å². The first-order valence-electron chi connectivity index (χ1n) is 9.66. The number of esters is 1. The Morgan fingerprint density at radius 2 is 1.72 bits per heavy atom. The molecule has 2 amide bonds.